The molecule has 0 unspecified atom stereocenters. The van der Waals surface area contributed by atoms with E-state index in [9.17, 15) is 4.79 Å². The summed E-state index contributed by atoms with van der Waals surface area (Å²) >= 11 is 0. The summed E-state index contributed by atoms with van der Waals surface area (Å²) in [5, 5.41) is 13.0. The highest BCUT2D eigenvalue weighted by atomic mass is 16.5. The van der Waals surface area contributed by atoms with Gasteiger partial charge in [0.2, 0.25) is 5.95 Å². The first kappa shape index (κ1) is 17.7. The molecule has 0 amide bonds. The first-order chi connectivity index (χ1) is 11.5. The van der Waals surface area contributed by atoms with Crippen molar-refractivity contribution < 1.29 is 9.84 Å². The number of nitrogens with zero attached hydrogens (tertiary/aromatic N) is 2. The second-order valence-electron chi connectivity index (χ2n) is 5.56. The van der Waals surface area contributed by atoms with Gasteiger partial charge in [-0.1, -0.05) is 12.1 Å². The first-order valence-electron chi connectivity index (χ1n) is 7.76. The Bertz CT molecular complexity index is 769. The van der Waals surface area contributed by atoms with Gasteiger partial charge >= 0.3 is 0 Å². The molecule has 0 fully saturated rings. The number of aromatic amines is 1. The van der Waals surface area contributed by atoms with E-state index in [0.29, 0.717) is 11.3 Å². The molecule has 0 radical (unpaired) electrons. The Morgan fingerprint density at radius 2 is 2.25 bits per heavy atom. The van der Waals surface area contributed by atoms with Crippen molar-refractivity contribution >= 4 is 12.2 Å². The van der Waals surface area contributed by atoms with Crippen molar-refractivity contribution in [2.45, 2.75) is 33.3 Å². The number of rotatable bonds is 7. The van der Waals surface area contributed by atoms with E-state index < -0.39 is 0 Å². The summed E-state index contributed by atoms with van der Waals surface area (Å²) < 4.78 is 5.62. The Morgan fingerprint density at radius 1 is 1.46 bits per heavy atom. The number of anilines is 1. The SMILES string of the molecule is Cc1nc(N/N=C\c2cccc(OC(C)C)c2)[nH]c(=O)c1CCO. The fourth-order valence-corrected chi connectivity index (χ4v) is 2.18. The molecule has 0 atom stereocenters. The van der Waals surface area contributed by atoms with E-state index >= 15 is 0 Å². The van der Waals surface area contributed by atoms with Crippen LogP contribution in [0.25, 0.3) is 0 Å². The summed E-state index contributed by atoms with van der Waals surface area (Å²) in [6, 6.07) is 7.53. The third kappa shape index (κ3) is 4.92. The highest BCUT2D eigenvalue weighted by Crippen LogP contribution is 2.13. The Balaban J connectivity index is 2.08. The number of nitrogens with one attached hydrogen (secondary N) is 2. The highest BCUT2D eigenvalue weighted by Gasteiger charge is 2.07. The number of aryl methyl sites for hydroxylation is 1. The van der Waals surface area contributed by atoms with Crippen LogP contribution in [0.4, 0.5) is 5.95 Å². The molecule has 0 saturated carbocycles. The molecule has 0 saturated heterocycles. The molecule has 0 aliphatic carbocycles. The standard InChI is InChI=1S/C17H22N4O3/c1-11(2)24-14-6-4-5-13(9-14)10-18-21-17-19-12(3)15(7-8-22)16(23)20-17/h4-6,9-11,22H,7-8H2,1-3H3,(H2,19,20,21,23)/b18-10-. The molecule has 3 N–H and O–H groups in total. The van der Waals surface area contributed by atoms with Crippen molar-refractivity contribution in [2.75, 3.05) is 12.0 Å². The predicted octanol–water partition coefficient (Wildman–Crippen LogP) is 1.85. The Hall–Kier alpha value is -2.67. The Labute approximate surface area is 140 Å². The quantitative estimate of drug-likeness (QED) is 0.531. The van der Waals surface area contributed by atoms with Crippen molar-refractivity contribution in [1.29, 1.82) is 0 Å². The molecule has 1 heterocycles. The van der Waals surface area contributed by atoms with Crippen LogP contribution in [-0.2, 0) is 6.42 Å². The molecular formula is C17H22N4O3. The summed E-state index contributed by atoms with van der Waals surface area (Å²) in [6.07, 6.45) is 2.00. The lowest BCUT2D eigenvalue weighted by Gasteiger charge is -2.09. The van der Waals surface area contributed by atoms with Crippen LogP contribution in [-0.4, -0.2) is 34.0 Å². The fraction of sp³-hybridized carbons (Fsp3) is 0.353. The average molecular weight is 330 g/mol. The van der Waals surface area contributed by atoms with Crippen LogP contribution in [0.5, 0.6) is 5.75 Å². The van der Waals surface area contributed by atoms with E-state index in [1.165, 1.54) is 0 Å². The van der Waals surface area contributed by atoms with Gasteiger partial charge in [0, 0.05) is 18.6 Å². The number of hydrogen-bond acceptors (Lipinski definition) is 6. The van der Waals surface area contributed by atoms with E-state index in [2.05, 4.69) is 20.5 Å². The number of aliphatic hydroxyl groups excluding tert-OH is 1. The van der Waals surface area contributed by atoms with Gasteiger partial charge in [-0.3, -0.25) is 9.78 Å². The molecular weight excluding hydrogens is 308 g/mol. The van der Waals surface area contributed by atoms with E-state index in [1.54, 1.807) is 13.1 Å². The molecule has 0 aliphatic rings. The topological polar surface area (TPSA) is 99.6 Å². The predicted molar refractivity (Wildman–Crippen MR) is 93.8 cm³/mol. The molecule has 128 valence electrons. The Morgan fingerprint density at radius 3 is 2.92 bits per heavy atom. The number of hydrazone groups is 1. The van der Waals surface area contributed by atoms with Crippen LogP contribution < -0.4 is 15.7 Å². The number of H-pyrrole nitrogens is 1. The maximum Gasteiger partial charge on any atom is 0.255 e. The van der Waals surface area contributed by atoms with Gasteiger partial charge in [-0.25, -0.2) is 10.4 Å². The highest BCUT2D eigenvalue weighted by molar-refractivity contribution is 5.80. The zero-order valence-corrected chi connectivity index (χ0v) is 14.0. The van der Waals surface area contributed by atoms with Crippen molar-refractivity contribution in [3.05, 3.63) is 51.4 Å². The number of aliphatic hydroxyl groups is 1. The lowest BCUT2D eigenvalue weighted by Crippen LogP contribution is -2.19. The van der Waals surface area contributed by atoms with Crippen molar-refractivity contribution in [1.82, 2.24) is 9.97 Å². The number of ether oxygens (including phenoxy) is 1. The van der Waals surface area contributed by atoms with E-state index in [0.717, 1.165) is 11.3 Å². The monoisotopic (exact) mass is 330 g/mol. The molecule has 0 spiro atoms. The van der Waals surface area contributed by atoms with Gasteiger partial charge in [-0.2, -0.15) is 5.10 Å². The summed E-state index contributed by atoms with van der Waals surface area (Å²) in [4.78, 5) is 18.7. The summed E-state index contributed by atoms with van der Waals surface area (Å²) in [5.41, 5.74) is 4.33. The van der Waals surface area contributed by atoms with Gasteiger partial charge in [-0.15, -0.1) is 0 Å². The minimum Gasteiger partial charge on any atom is -0.491 e. The maximum absolute atomic E-state index is 11.9. The fourth-order valence-electron chi connectivity index (χ4n) is 2.18. The average Bonchev–Trinajstić information content (AvgIpc) is 2.51. The number of hydrogen-bond donors (Lipinski definition) is 3. The Kier molecular flexibility index (Phi) is 6.08. The van der Waals surface area contributed by atoms with Gasteiger partial charge in [0.05, 0.1) is 18.0 Å². The van der Waals surface area contributed by atoms with Crippen LogP contribution in [0.2, 0.25) is 0 Å². The molecule has 0 aliphatic heterocycles. The van der Waals surface area contributed by atoms with E-state index in [4.69, 9.17) is 9.84 Å². The molecule has 24 heavy (non-hydrogen) atoms. The lowest BCUT2D eigenvalue weighted by atomic mass is 10.2. The van der Waals surface area contributed by atoms with E-state index in [-0.39, 0.29) is 30.6 Å². The van der Waals surface area contributed by atoms with Crippen LogP contribution in [0.3, 0.4) is 0 Å². The van der Waals surface area contributed by atoms with Crippen molar-refractivity contribution in [2.24, 2.45) is 5.10 Å². The van der Waals surface area contributed by atoms with Crippen molar-refractivity contribution in [3.8, 4) is 5.75 Å². The molecule has 7 heteroatoms. The van der Waals surface area contributed by atoms with Gasteiger partial charge < -0.3 is 9.84 Å². The normalized spacial score (nSPS) is 11.2. The second kappa shape index (κ2) is 8.26. The van der Waals surface area contributed by atoms with Crippen LogP contribution in [0.15, 0.2) is 34.2 Å². The van der Waals surface area contributed by atoms with Gasteiger partial charge in [0.25, 0.3) is 5.56 Å². The molecule has 7 nitrogen and oxygen atoms in total. The largest absolute Gasteiger partial charge is 0.491 e. The van der Waals surface area contributed by atoms with Gasteiger partial charge in [-0.05, 0) is 38.5 Å². The maximum atomic E-state index is 11.9. The molecule has 1 aromatic carbocycles. The molecule has 2 aromatic rings. The van der Waals surface area contributed by atoms with Crippen LogP contribution >= 0.6 is 0 Å². The van der Waals surface area contributed by atoms with E-state index in [1.807, 2.05) is 38.1 Å². The molecule has 2 rings (SSSR count). The first-order valence-corrected chi connectivity index (χ1v) is 7.76. The zero-order chi connectivity index (χ0) is 17.5. The van der Waals surface area contributed by atoms with Gasteiger partial charge in [0.15, 0.2) is 0 Å². The second-order valence-corrected chi connectivity index (χ2v) is 5.56. The molecule has 0 bridgehead atoms. The lowest BCUT2D eigenvalue weighted by molar-refractivity contribution is 0.242. The smallest absolute Gasteiger partial charge is 0.255 e. The number of benzene rings is 1. The van der Waals surface area contributed by atoms with Gasteiger partial charge in [0.1, 0.15) is 5.75 Å². The van der Waals surface area contributed by atoms with Crippen molar-refractivity contribution in [3.63, 3.8) is 0 Å². The third-order valence-electron chi connectivity index (χ3n) is 3.20. The van der Waals surface area contributed by atoms with Crippen LogP contribution in [0, 0.1) is 6.92 Å². The minimum atomic E-state index is -0.276. The zero-order valence-electron chi connectivity index (χ0n) is 14.0. The third-order valence-corrected chi connectivity index (χ3v) is 3.20. The summed E-state index contributed by atoms with van der Waals surface area (Å²) in [6.45, 7) is 5.56. The van der Waals surface area contributed by atoms with Crippen LogP contribution in [0.1, 0.15) is 30.7 Å². The number of aromatic nitrogens is 2. The molecule has 1 aromatic heterocycles. The summed E-state index contributed by atoms with van der Waals surface area (Å²) in [5.74, 6) is 1.02. The minimum absolute atomic E-state index is 0.0919. The summed E-state index contributed by atoms with van der Waals surface area (Å²) in [7, 11) is 0.